The molecule has 0 spiro atoms. The van der Waals surface area contributed by atoms with E-state index in [9.17, 15) is 0 Å². The number of halogens is 2. The first-order valence-electron chi connectivity index (χ1n) is 6.66. The van der Waals surface area contributed by atoms with Gasteiger partial charge < -0.3 is 5.32 Å². The maximum absolute atomic E-state index is 6.37. The Morgan fingerprint density at radius 2 is 2.00 bits per heavy atom. The number of hydrogen-bond donors (Lipinski definition) is 1. The van der Waals surface area contributed by atoms with Crippen LogP contribution in [0.2, 0.25) is 5.02 Å². The van der Waals surface area contributed by atoms with E-state index in [0.717, 1.165) is 16.0 Å². The van der Waals surface area contributed by atoms with E-state index in [-0.39, 0.29) is 0 Å². The second-order valence-corrected chi connectivity index (χ2v) is 7.37. The lowest BCUT2D eigenvalue weighted by Gasteiger charge is -2.12. The average Bonchev–Trinajstić information content (AvgIpc) is 3.22. The van der Waals surface area contributed by atoms with Crippen LogP contribution in [0.25, 0.3) is 0 Å². The summed E-state index contributed by atoms with van der Waals surface area (Å²) in [5.41, 5.74) is 1.20. The van der Waals surface area contributed by atoms with Gasteiger partial charge in [0.1, 0.15) is 0 Å². The molecule has 0 heterocycles. The fraction of sp³-hybridized carbons (Fsp3) is 0.250. The molecule has 0 amide bonds. The third-order valence-corrected chi connectivity index (χ3v) is 5.18. The Morgan fingerprint density at radius 1 is 1.20 bits per heavy atom. The zero-order chi connectivity index (χ0) is 13.9. The minimum absolute atomic E-state index is 0.690. The van der Waals surface area contributed by atoms with Crippen molar-refractivity contribution in [2.45, 2.75) is 35.2 Å². The molecule has 0 bridgehead atoms. The van der Waals surface area contributed by atoms with Gasteiger partial charge in [0, 0.05) is 31.9 Å². The highest BCUT2D eigenvalue weighted by molar-refractivity contribution is 9.10. The van der Waals surface area contributed by atoms with Crippen LogP contribution in [-0.2, 0) is 6.54 Å². The molecular weight excluding hydrogens is 354 g/mol. The lowest BCUT2D eigenvalue weighted by molar-refractivity contribution is 0.680. The first-order valence-corrected chi connectivity index (χ1v) is 8.65. The molecule has 1 N–H and O–H groups in total. The van der Waals surface area contributed by atoms with Crippen molar-refractivity contribution in [2.75, 3.05) is 0 Å². The molecule has 2 aromatic carbocycles. The molecule has 0 saturated heterocycles. The maximum Gasteiger partial charge on any atom is 0.0462 e. The van der Waals surface area contributed by atoms with E-state index in [4.69, 9.17) is 11.6 Å². The number of hydrogen-bond acceptors (Lipinski definition) is 2. The quantitative estimate of drug-likeness (QED) is 0.747. The van der Waals surface area contributed by atoms with Gasteiger partial charge in [-0.3, -0.25) is 0 Å². The number of nitrogens with one attached hydrogen (secondary N) is 1. The smallest absolute Gasteiger partial charge is 0.0462 e. The molecule has 104 valence electrons. The highest BCUT2D eigenvalue weighted by atomic mass is 79.9. The Bertz CT molecular complexity index is 613. The van der Waals surface area contributed by atoms with E-state index in [2.05, 4.69) is 45.5 Å². The molecule has 1 aliphatic rings. The summed E-state index contributed by atoms with van der Waals surface area (Å²) in [6, 6.07) is 15.2. The van der Waals surface area contributed by atoms with Crippen LogP contribution in [0.4, 0.5) is 0 Å². The molecule has 2 aromatic rings. The van der Waals surface area contributed by atoms with E-state index in [0.29, 0.717) is 6.04 Å². The summed E-state index contributed by atoms with van der Waals surface area (Å²) in [6.07, 6.45) is 2.58. The zero-order valence-electron chi connectivity index (χ0n) is 10.9. The second kappa shape index (κ2) is 6.52. The molecule has 1 fully saturated rings. The molecule has 3 rings (SSSR count). The SMILES string of the molecule is Clc1cccc(Sc2cccc(Br)c2)c1CNC1CC1. The summed E-state index contributed by atoms with van der Waals surface area (Å²) in [5, 5.41) is 4.39. The monoisotopic (exact) mass is 367 g/mol. The Morgan fingerprint density at radius 3 is 2.75 bits per heavy atom. The highest BCUT2D eigenvalue weighted by Gasteiger charge is 2.21. The molecule has 0 aromatic heterocycles. The topological polar surface area (TPSA) is 12.0 Å². The molecule has 4 heteroatoms. The summed E-state index contributed by atoms with van der Waals surface area (Å²) in [5.74, 6) is 0. The largest absolute Gasteiger partial charge is 0.310 e. The van der Waals surface area contributed by atoms with Crippen molar-refractivity contribution in [3.05, 3.63) is 57.5 Å². The van der Waals surface area contributed by atoms with Crippen molar-refractivity contribution in [3.8, 4) is 0 Å². The van der Waals surface area contributed by atoms with Crippen LogP contribution >= 0.6 is 39.3 Å². The van der Waals surface area contributed by atoms with E-state index < -0.39 is 0 Å². The normalized spacial score (nSPS) is 14.5. The van der Waals surface area contributed by atoms with Gasteiger partial charge in [-0.05, 0) is 48.7 Å². The lowest BCUT2D eigenvalue weighted by atomic mass is 10.2. The molecule has 1 aliphatic carbocycles. The predicted octanol–water partition coefficient (Wildman–Crippen LogP) is 5.51. The highest BCUT2D eigenvalue weighted by Crippen LogP contribution is 2.35. The number of rotatable bonds is 5. The molecular formula is C16H15BrClNS. The first kappa shape index (κ1) is 14.5. The van der Waals surface area contributed by atoms with Gasteiger partial charge >= 0.3 is 0 Å². The van der Waals surface area contributed by atoms with E-state index in [1.807, 2.05) is 18.2 Å². The first-order chi connectivity index (χ1) is 9.72. The van der Waals surface area contributed by atoms with Gasteiger partial charge in [0.05, 0.1) is 0 Å². The van der Waals surface area contributed by atoms with Gasteiger partial charge in [0.15, 0.2) is 0 Å². The van der Waals surface area contributed by atoms with Crippen LogP contribution in [0.3, 0.4) is 0 Å². The van der Waals surface area contributed by atoms with Crippen molar-refractivity contribution in [1.82, 2.24) is 5.32 Å². The van der Waals surface area contributed by atoms with Crippen molar-refractivity contribution in [3.63, 3.8) is 0 Å². The maximum atomic E-state index is 6.37. The zero-order valence-corrected chi connectivity index (χ0v) is 14.1. The standard InChI is InChI=1S/C16H15BrClNS/c17-11-3-1-4-13(9-11)20-16-6-2-5-15(18)14(16)10-19-12-7-8-12/h1-6,9,12,19H,7-8,10H2. The van der Waals surface area contributed by atoms with Gasteiger partial charge in [0.2, 0.25) is 0 Å². The summed E-state index contributed by atoms with van der Waals surface area (Å²) < 4.78 is 1.10. The molecule has 20 heavy (non-hydrogen) atoms. The van der Waals surface area contributed by atoms with Crippen molar-refractivity contribution in [2.24, 2.45) is 0 Å². The minimum Gasteiger partial charge on any atom is -0.310 e. The predicted molar refractivity (Wildman–Crippen MR) is 89.6 cm³/mol. The van der Waals surface area contributed by atoms with Crippen molar-refractivity contribution in [1.29, 1.82) is 0 Å². The Kier molecular flexibility index (Phi) is 4.72. The Balaban J connectivity index is 1.82. The fourth-order valence-electron chi connectivity index (χ4n) is 2.00. The van der Waals surface area contributed by atoms with Crippen molar-refractivity contribution >= 4 is 39.3 Å². The van der Waals surface area contributed by atoms with Gasteiger partial charge in [-0.25, -0.2) is 0 Å². The Labute approximate surface area is 137 Å². The molecule has 0 unspecified atom stereocenters. The molecule has 0 aliphatic heterocycles. The molecule has 0 radical (unpaired) electrons. The van der Waals surface area contributed by atoms with Gasteiger partial charge in [-0.15, -0.1) is 0 Å². The number of benzene rings is 2. The van der Waals surface area contributed by atoms with Gasteiger partial charge in [-0.2, -0.15) is 0 Å². The fourth-order valence-corrected chi connectivity index (χ4v) is 3.88. The van der Waals surface area contributed by atoms with Gasteiger partial charge in [-0.1, -0.05) is 51.4 Å². The Hall–Kier alpha value is -0.480. The van der Waals surface area contributed by atoms with Crippen molar-refractivity contribution < 1.29 is 0 Å². The van der Waals surface area contributed by atoms with Crippen LogP contribution < -0.4 is 5.32 Å². The van der Waals surface area contributed by atoms with Crippen LogP contribution in [0.1, 0.15) is 18.4 Å². The summed E-state index contributed by atoms with van der Waals surface area (Å²) in [6.45, 7) is 0.848. The lowest BCUT2D eigenvalue weighted by Crippen LogP contribution is -2.16. The van der Waals surface area contributed by atoms with E-state index in [1.54, 1.807) is 11.8 Å². The van der Waals surface area contributed by atoms with Gasteiger partial charge in [0.25, 0.3) is 0 Å². The third kappa shape index (κ3) is 3.79. The summed E-state index contributed by atoms with van der Waals surface area (Å²) in [7, 11) is 0. The van der Waals surface area contributed by atoms with Crippen LogP contribution in [-0.4, -0.2) is 6.04 Å². The summed E-state index contributed by atoms with van der Waals surface area (Å²) >= 11 is 11.6. The average molecular weight is 369 g/mol. The van der Waals surface area contributed by atoms with Crippen LogP contribution in [0.5, 0.6) is 0 Å². The molecule has 1 saturated carbocycles. The third-order valence-electron chi connectivity index (χ3n) is 3.24. The van der Waals surface area contributed by atoms with Crippen LogP contribution in [0.15, 0.2) is 56.7 Å². The minimum atomic E-state index is 0.690. The van der Waals surface area contributed by atoms with Crippen LogP contribution in [0, 0.1) is 0 Å². The second-order valence-electron chi connectivity index (χ2n) is 4.93. The summed E-state index contributed by atoms with van der Waals surface area (Å²) in [4.78, 5) is 2.44. The molecule has 0 atom stereocenters. The van der Waals surface area contributed by atoms with E-state index in [1.165, 1.54) is 28.2 Å². The van der Waals surface area contributed by atoms with E-state index >= 15 is 0 Å². The molecule has 1 nitrogen and oxygen atoms in total.